The number of rotatable bonds is 3. The lowest BCUT2D eigenvalue weighted by atomic mass is 10.1. The number of hydrogen-bond acceptors (Lipinski definition) is 1. The average Bonchev–Trinajstić information content (AvgIpc) is 2.18. The van der Waals surface area contributed by atoms with E-state index >= 15 is 0 Å². The summed E-state index contributed by atoms with van der Waals surface area (Å²) in [5.74, 6) is -0.625. The largest absolute Gasteiger partial charge is 0.348 e. The Morgan fingerprint density at radius 2 is 2.00 bits per heavy atom. The van der Waals surface area contributed by atoms with Crippen molar-refractivity contribution in [3.05, 3.63) is 35.6 Å². The van der Waals surface area contributed by atoms with E-state index in [1.165, 1.54) is 6.07 Å². The number of benzene rings is 1. The summed E-state index contributed by atoms with van der Waals surface area (Å²) in [5, 5.41) is 2.01. The Balaban J connectivity index is 2.73. The third kappa shape index (κ3) is 3.20. The second-order valence-corrected chi connectivity index (χ2v) is 4.02. The van der Waals surface area contributed by atoms with Crippen molar-refractivity contribution in [1.29, 1.82) is 0 Å². The van der Waals surface area contributed by atoms with Gasteiger partial charge in [0, 0.05) is 5.56 Å². The number of halogens is 2. The molecule has 1 aromatic rings. The summed E-state index contributed by atoms with van der Waals surface area (Å²) >= 11 is 5.59. The molecule has 0 heterocycles. The fourth-order valence-electron chi connectivity index (χ4n) is 1.23. The quantitative estimate of drug-likeness (QED) is 0.794. The van der Waals surface area contributed by atoms with Crippen molar-refractivity contribution in [2.75, 3.05) is 0 Å². The van der Waals surface area contributed by atoms with Gasteiger partial charge < -0.3 is 5.32 Å². The fraction of sp³-hybridized carbons (Fsp3) is 0.364. The summed E-state index contributed by atoms with van der Waals surface area (Å²) in [6.45, 7) is 3.29. The van der Waals surface area contributed by atoms with Crippen LogP contribution < -0.4 is 5.32 Å². The second-order valence-electron chi connectivity index (χ2n) is 3.37. The lowest BCUT2D eigenvalue weighted by Gasteiger charge is -2.15. The Morgan fingerprint density at radius 1 is 1.40 bits per heavy atom. The summed E-state index contributed by atoms with van der Waals surface area (Å²) < 4.78 is 13.3. The van der Waals surface area contributed by atoms with Gasteiger partial charge in [-0.25, -0.2) is 4.39 Å². The predicted octanol–water partition coefficient (Wildman–Crippen LogP) is 2.63. The summed E-state index contributed by atoms with van der Waals surface area (Å²) in [4.78, 5) is 11.3. The molecular weight excluding hydrogens is 217 g/mol. The molecule has 0 saturated carbocycles. The molecule has 1 amide bonds. The number of carbonyl (C=O) groups excluding carboxylic acids is 1. The van der Waals surface area contributed by atoms with Crippen molar-refractivity contribution in [2.24, 2.45) is 0 Å². The van der Waals surface area contributed by atoms with E-state index in [-0.39, 0.29) is 17.8 Å². The van der Waals surface area contributed by atoms with Crippen LogP contribution in [0.1, 0.15) is 25.5 Å². The highest BCUT2D eigenvalue weighted by molar-refractivity contribution is 6.30. The van der Waals surface area contributed by atoms with Crippen LogP contribution >= 0.6 is 11.6 Å². The normalized spacial score (nSPS) is 14.4. The molecule has 2 nitrogen and oxygen atoms in total. The zero-order valence-electron chi connectivity index (χ0n) is 8.63. The maximum atomic E-state index is 13.3. The molecule has 4 heteroatoms. The van der Waals surface area contributed by atoms with Gasteiger partial charge in [-0.05, 0) is 19.9 Å². The van der Waals surface area contributed by atoms with Gasteiger partial charge in [0.05, 0.1) is 6.04 Å². The van der Waals surface area contributed by atoms with Gasteiger partial charge in [-0.15, -0.1) is 11.6 Å². The SMILES string of the molecule is CC(Cl)C(=O)NC(C)c1ccccc1F. The van der Waals surface area contributed by atoms with Gasteiger partial charge in [-0.1, -0.05) is 18.2 Å². The van der Waals surface area contributed by atoms with Crippen LogP contribution in [0.15, 0.2) is 24.3 Å². The van der Waals surface area contributed by atoms with Gasteiger partial charge in [-0.2, -0.15) is 0 Å². The first-order valence-corrected chi connectivity index (χ1v) is 5.15. The van der Waals surface area contributed by atoms with E-state index in [0.29, 0.717) is 5.56 Å². The highest BCUT2D eigenvalue weighted by Crippen LogP contribution is 2.16. The molecule has 82 valence electrons. The first-order valence-electron chi connectivity index (χ1n) is 4.71. The van der Waals surface area contributed by atoms with Crippen molar-refractivity contribution in [1.82, 2.24) is 5.32 Å². The van der Waals surface area contributed by atoms with Crippen LogP contribution in [-0.2, 0) is 4.79 Å². The van der Waals surface area contributed by atoms with Crippen LogP contribution in [-0.4, -0.2) is 11.3 Å². The molecule has 2 unspecified atom stereocenters. The fourth-order valence-corrected chi connectivity index (χ4v) is 1.30. The van der Waals surface area contributed by atoms with Gasteiger partial charge in [0.1, 0.15) is 11.2 Å². The van der Waals surface area contributed by atoms with Gasteiger partial charge in [0.2, 0.25) is 5.91 Å². The predicted molar refractivity (Wildman–Crippen MR) is 58.3 cm³/mol. The van der Waals surface area contributed by atoms with Gasteiger partial charge in [0.25, 0.3) is 0 Å². The van der Waals surface area contributed by atoms with E-state index in [2.05, 4.69) is 5.32 Å². The lowest BCUT2D eigenvalue weighted by molar-refractivity contribution is -0.121. The molecule has 0 aliphatic rings. The van der Waals surface area contributed by atoms with E-state index in [1.54, 1.807) is 32.0 Å². The third-order valence-electron chi connectivity index (χ3n) is 2.09. The number of amides is 1. The van der Waals surface area contributed by atoms with Crippen molar-refractivity contribution in [2.45, 2.75) is 25.3 Å². The molecule has 0 fully saturated rings. The molecule has 1 rings (SSSR count). The van der Waals surface area contributed by atoms with Crippen LogP contribution in [0.4, 0.5) is 4.39 Å². The second kappa shape index (κ2) is 5.12. The van der Waals surface area contributed by atoms with E-state index in [0.717, 1.165) is 0 Å². The summed E-state index contributed by atoms with van der Waals surface area (Å²) in [5.41, 5.74) is 0.461. The van der Waals surface area contributed by atoms with Crippen molar-refractivity contribution < 1.29 is 9.18 Å². The molecule has 15 heavy (non-hydrogen) atoms. The smallest absolute Gasteiger partial charge is 0.238 e. The molecule has 0 aliphatic heterocycles. The minimum Gasteiger partial charge on any atom is -0.348 e. The van der Waals surface area contributed by atoms with Crippen LogP contribution in [0.25, 0.3) is 0 Å². The average molecular weight is 230 g/mol. The summed E-state index contributed by atoms with van der Waals surface area (Å²) in [6.07, 6.45) is 0. The highest BCUT2D eigenvalue weighted by atomic mass is 35.5. The number of carbonyl (C=O) groups is 1. The van der Waals surface area contributed by atoms with Gasteiger partial charge in [-0.3, -0.25) is 4.79 Å². The van der Waals surface area contributed by atoms with Crippen molar-refractivity contribution in [3.63, 3.8) is 0 Å². The Bertz CT molecular complexity index is 354. The molecule has 0 bridgehead atoms. The Kier molecular flexibility index (Phi) is 4.09. The maximum absolute atomic E-state index is 13.3. The minimum absolute atomic E-state index is 0.299. The van der Waals surface area contributed by atoms with Crippen LogP contribution in [0, 0.1) is 5.82 Å². The van der Waals surface area contributed by atoms with Crippen molar-refractivity contribution >= 4 is 17.5 Å². The van der Waals surface area contributed by atoms with E-state index in [4.69, 9.17) is 11.6 Å². The molecule has 0 radical (unpaired) electrons. The van der Waals surface area contributed by atoms with E-state index < -0.39 is 5.38 Å². The van der Waals surface area contributed by atoms with Crippen molar-refractivity contribution in [3.8, 4) is 0 Å². The Labute approximate surface area is 93.4 Å². The van der Waals surface area contributed by atoms with Gasteiger partial charge >= 0.3 is 0 Å². The van der Waals surface area contributed by atoms with Crippen LogP contribution in [0.5, 0.6) is 0 Å². The zero-order chi connectivity index (χ0) is 11.4. The first kappa shape index (κ1) is 12.0. The zero-order valence-corrected chi connectivity index (χ0v) is 9.38. The minimum atomic E-state index is -0.612. The molecule has 2 atom stereocenters. The molecule has 0 spiro atoms. The van der Waals surface area contributed by atoms with Crippen LogP contribution in [0.3, 0.4) is 0 Å². The lowest BCUT2D eigenvalue weighted by Crippen LogP contribution is -2.32. The monoisotopic (exact) mass is 229 g/mol. The summed E-state index contributed by atoms with van der Waals surface area (Å²) in [6, 6.07) is 5.96. The molecule has 0 aromatic heterocycles. The number of alkyl halides is 1. The highest BCUT2D eigenvalue weighted by Gasteiger charge is 2.15. The van der Waals surface area contributed by atoms with E-state index in [9.17, 15) is 9.18 Å². The molecule has 1 aromatic carbocycles. The molecule has 1 N–H and O–H groups in total. The Morgan fingerprint density at radius 3 is 2.53 bits per heavy atom. The molecule has 0 saturated heterocycles. The molecular formula is C11H13ClFNO. The Hall–Kier alpha value is -1.09. The van der Waals surface area contributed by atoms with Crippen LogP contribution in [0.2, 0.25) is 0 Å². The first-order chi connectivity index (χ1) is 7.02. The van der Waals surface area contributed by atoms with E-state index in [1.807, 2.05) is 0 Å². The number of nitrogens with one attached hydrogen (secondary N) is 1. The molecule has 0 aliphatic carbocycles. The number of hydrogen-bond donors (Lipinski definition) is 1. The third-order valence-corrected chi connectivity index (χ3v) is 2.29. The van der Waals surface area contributed by atoms with Gasteiger partial charge in [0.15, 0.2) is 0 Å². The standard InChI is InChI=1S/C11H13ClFNO/c1-7(12)11(15)14-8(2)9-5-3-4-6-10(9)13/h3-8H,1-2H3,(H,14,15). The topological polar surface area (TPSA) is 29.1 Å². The maximum Gasteiger partial charge on any atom is 0.238 e. The summed E-state index contributed by atoms with van der Waals surface area (Å²) in [7, 11) is 0.